The van der Waals surface area contributed by atoms with Gasteiger partial charge in [-0.3, -0.25) is 9.59 Å². The highest BCUT2D eigenvalue weighted by atomic mass is 16.2. The number of aromatic nitrogens is 1. The van der Waals surface area contributed by atoms with Crippen LogP contribution in [0.2, 0.25) is 0 Å². The van der Waals surface area contributed by atoms with Crippen molar-refractivity contribution < 1.29 is 9.59 Å². The van der Waals surface area contributed by atoms with Gasteiger partial charge in [-0.05, 0) is 50.5 Å². The third-order valence-corrected chi connectivity index (χ3v) is 6.13. The van der Waals surface area contributed by atoms with Gasteiger partial charge in [0, 0.05) is 50.6 Å². The van der Waals surface area contributed by atoms with E-state index in [1.54, 1.807) is 0 Å². The lowest BCUT2D eigenvalue weighted by atomic mass is 9.95. The molecule has 0 saturated carbocycles. The molecule has 154 valence electrons. The number of hydrogen-bond donors (Lipinski definition) is 1. The number of likely N-dealkylation sites (tertiary alicyclic amines) is 1. The summed E-state index contributed by atoms with van der Waals surface area (Å²) in [4.78, 5) is 35.4. The molecule has 2 aliphatic heterocycles. The second kappa shape index (κ2) is 8.31. The van der Waals surface area contributed by atoms with Crippen LogP contribution in [0.15, 0.2) is 36.4 Å². The molecule has 1 aromatic heterocycles. The highest BCUT2D eigenvalue weighted by Crippen LogP contribution is 2.23. The molecule has 0 radical (unpaired) electrons. The molecule has 0 spiro atoms. The van der Waals surface area contributed by atoms with E-state index in [4.69, 9.17) is 0 Å². The van der Waals surface area contributed by atoms with E-state index in [9.17, 15) is 9.59 Å². The molecule has 1 N–H and O–H groups in total. The molecular weight excluding hydrogens is 364 g/mol. The molecule has 0 bridgehead atoms. The summed E-state index contributed by atoms with van der Waals surface area (Å²) < 4.78 is 0. The van der Waals surface area contributed by atoms with Gasteiger partial charge in [0.05, 0.1) is 5.92 Å². The Morgan fingerprint density at radius 2 is 1.69 bits per heavy atom. The van der Waals surface area contributed by atoms with E-state index in [2.05, 4.69) is 22.0 Å². The number of benzene rings is 1. The molecule has 1 atom stereocenters. The van der Waals surface area contributed by atoms with Gasteiger partial charge in [0.15, 0.2) is 0 Å². The van der Waals surface area contributed by atoms with Crippen molar-refractivity contribution in [3.8, 4) is 0 Å². The number of carbonyl (C=O) groups excluding carboxylic acids is 2. The number of aromatic amines is 1. The van der Waals surface area contributed by atoms with Gasteiger partial charge >= 0.3 is 0 Å². The number of amides is 2. The van der Waals surface area contributed by atoms with Crippen molar-refractivity contribution in [2.75, 3.05) is 44.2 Å². The van der Waals surface area contributed by atoms with Crippen LogP contribution < -0.4 is 4.90 Å². The van der Waals surface area contributed by atoms with Crippen molar-refractivity contribution in [2.45, 2.75) is 26.7 Å². The van der Waals surface area contributed by atoms with Crippen molar-refractivity contribution in [2.24, 2.45) is 5.92 Å². The van der Waals surface area contributed by atoms with E-state index >= 15 is 0 Å². The van der Waals surface area contributed by atoms with Gasteiger partial charge < -0.3 is 19.7 Å². The molecule has 6 nitrogen and oxygen atoms in total. The van der Waals surface area contributed by atoms with Crippen LogP contribution in [0.25, 0.3) is 0 Å². The normalized spacial score (nSPS) is 20.1. The molecule has 3 heterocycles. The molecule has 1 aromatic carbocycles. The topological polar surface area (TPSA) is 59.7 Å². The number of carbonyl (C=O) groups is 2. The Morgan fingerprint density at radius 1 is 0.966 bits per heavy atom. The highest BCUT2D eigenvalue weighted by molar-refractivity contribution is 5.94. The summed E-state index contributed by atoms with van der Waals surface area (Å²) in [5.41, 5.74) is 3.84. The fourth-order valence-corrected chi connectivity index (χ4v) is 4.55. The van der Waals surface area contributed by atoms with E-state index in [1.165, 1.54) is 5.69 Å². The van der Waals surface area contributed by atoms with Gasteiger partial charge in [0.2, 0.25) is 5.91 Å². The first-order valence-electron chi connectivity index (χ1n) is 10.6. The largest absolute Gasteiger partial charge is 0.368 e. The first-order valence-corrected chi connectivity index (χ1v) is 10.6. The Labute approximate surface area is 172 Å². The van der Waals surface area contributed by atoms with Crippen molar-refractivity contribution in [1.82, 2.24) is 14.8 Å². The molecular formula is C23H30N4O2. The zero-order chi connectivity index (χ0) is 20.4. The van der Waals surface area contributed by atoms with E-state index < -0.39 is 0 Å². The van der Waals surface area contributed by atoms with Gasteiger partial charge in [-0.2, -0.15) is 0 Å². The Balaban J connectivity index is 1.35. The summed E-state index contributed by atoms with van der Waals surface area (Å²) in [5.74, 6) is 0.129. The highest BCUT2D eigenvalue weighted by Gasteiger charge is 2.33. The number of nitrogens with one attached hydrogen (secondary N) is 1. The number of rotatable bonds is 3. The SMILES string of the molecule is Cc1cc(C)c(C(=O)N2CCC[C@@H](C(=O)N3CCN(c4ccccc4)CC3)C2)[nH]1. The van der Waals surface area contributed by atoms with Crippen LogP contribution in [0.3, 0.4) is 0 Å². The van der Waals surface area contributed by atoms with Crippen LogP contribution in [-0.4, -0.2) is 65.9 Å². The second-order valence-electron chi connectivity index (χ2n) is 8.25. The lowest BCUT2D eigenvalue weighted by Gasteiger charge is -2.39. The first-order chi connectivity index (χ1) is 14.0. The number of para-hydroxylation sites is 1. The minimum Gasteiger partial charge on any atom is -0.368 e. The predicted octanol–water partition coefficient (Wildman–Crippen LogP) is 2.83. The molecule has 2 saturated heterocycles. The van der Waals surface area contributed by atoms with Gasteiger partial charge in [-0.15, -0.1) is 0 Å². The fourth-order valence-electron chi connectivity index (χ4n) is 4.55. The summed E-state index contributed by atoms with van der Waals surface area (Å²) in [5, 5.41) is 0. The predicted molar refractivity (Wildman–Crippen MR) is 114 cm³/mol. The molecule has 6 heteroatoms. The Bertz CT molecular complexity index is 868. The van der Waals surface area contributed by atoms with Crippen molar-refractivity contribution in [3.63, 3.8) is 0 Å². The molecule has 29 heavy (non-hydrogen) atoms. The molecule has 2 aromatic rings. The Kier molecular flexibility index (Phi) is 5.60. The van der Waals surface area contributed by atoms with E-state index in [1.807, 2.05) is 47.9 Å². The van der Waals surface area contributed by atoms with Crippen molar-refractivity contribution in [1.29, 1.82) is 0 Å². The van der Waals surface area contributed by atoms with Gasteiger partial charge in [0.1, 0.15) is 5.69 Å². The minimum atomic E-state index is -0.0904. The number of anilines is 1. The number of H-pyrrole nitrogens is 1. The maximum absolute atomic E-state index is 13.1. The third-order valence-electron chi connectivity index (χ3n) is 6.13. The molecule has 4 rings (SSSR count). The van der Waals surface area contributed by atoms with Crippen LogP contribution in [0.5, 0.6) is 0 Å². The second-order valence-corrected chi connectivity index (χ2v) is 8.25. The maximum atomic E-state index is 13.1. The van der Waals surface area contributed by atoms with E-state index in [0.717, 1.165) is 56.8 Å². The standard InChI is InChI=1S/C23H30N4O2/c1-17-15-18(2)24-21(17)23(29)27-10-6-7-19(16-27)22(28)26-13-11-25(12-14-26)20-8-4-3-5-9-20/h3-5,8-9,15,19,24H,6-7,10-14,16H2,1-2H3/t19-/m1/s1. The third kappa shape index (κ3) is 4.16. The average molecular weight is 395 g/mol. The van der Waals surface area contributed by atoms with Crippen LogP contribution in [0.1, 0.15) is 34.6 Å². The van der Waals surface area contributed by atoms with Gasteiger partial charge in [-0.25, -0.2) is 0 Å². The monoisotopic (exact) mass is 394 g/mol. The van der Waals surface area contributed by atoms with Crippen LogP contribution in [0, 0.1) is 19.8 Å². The van der Waals surface area contributed by atoms with Crippen LogP contribution in [0.4, 0.5) is 5.69 Å². The zero-order valence-electron chi connectivity index (χ0n) is 17.4. The van der Waals surface area contributed by atoms with E-state index in [0.29, 0.717) is 12.2 Å². The molecule has 2 fully saturated rings. The minimum absolute atomic E-state index is 0.0157. The zero-order valence-corrected chi connectivity index (χ0v) is 17.4. The Hall–Kier alpha value is -2.76. The Morgan fingerprint density at radius 3 is 2.34 bits per heavy atom. The summed E-state index contributed by atoms with van der Waals surface area (Å²) in [7, 11) is 0. The smallest absolute Gasteiger partial charge is 0.270 e. The summed E-state index contributed by atoms with van der Waals surface area (Å²) in [6, 6.07) is 12.3. The molecule has 0 unspecified atom stereocenters. The first kappa shape index (κ1) is 19.6. The molecule has 2 aliphatic rings. The number of aryl methyl sites for hydroxylation is 2. The fraction of sp³-hybridized carbons (Fsp3) is 0.478. The number of piperazine rings is 1. The van der Waals surface area contributed by atoms with E-state index in [-0.39, 0.29) is 17.7 Å². The number of nitrogens with zero attached hydrogens (tertiary/aromatic N) is 3. The van der Waals surface area contributed by atoms with Crippen molar-refractivity contribution in [3.05, 3.63) is 53.3 Å². The van der Waals surface area contributed by atoms with Crippen molar-refractivity contribution >= 4 is 17.5 Å². The van der Waals surface area contributed by atoms with Crippen LogP contribution in [-0.2, 0) is 4.79 Å². The quantitative estimate of drug-likeness (QED) is 0.871. The molecule has 0 aliphatic carbocycles. The van der Waals surface area contributed by atoms with Gasteiger partial charge in [0.25, 0.3) is 5.91 Å². The lowest BCUT2D eigenvalue weighted by molar-refractivity contribution is -0.137. The van der Waals surface area contributed by atoms with Crippen LogP contribution >= 0.6 is 0 Å². The summed E-state index contributed by atoms with van der Waals surface area (Å²) in [6.45, 7) is 8.35. The number of piperidine rings is 1. The average Bonchev–Trinajstić information content (AvgIpc) is 3.11. The summed E-state index contributed by atoms with van der Waals surface area (Å²) >= 11 is 0. The summed E-state index contributed by atoms with van der Waals surface area (Å²) in [6.07, 6.45) is 1.75. The lowest BCUT2D eigenvalue weighted by Crippen LogP contribution is -2.53. The maximum Gasteiger partial charge on any atom is 0.270 e. The number of hydrogen-bond acceptors (Lipinski definition) is 3. The van der Waals surface area contributed by atoms with Gasteiger partial charge in [-0.1, -0.05) is 18.2 Å². The molecule has 2 amide bonds.